The number of alkyl halides is 3. The minimum absolute atomic E-state index is 0.0583. The van der Waals surface area contributed by atoms with E-state index in [0.29, 0.717) is 18.6 Å². The summed E-state index contributed by atoms with van der Waals surface area (Å²) in [5, 5.41) is 0. The van der Waals surface area contributed by atoms with E-state index < -0.39 is 76.2 Å². The maximum atomic E-state index is 15.5. The Labute approximate surface area is 217 Å². The third-order valence-corrected chi connectivity index (χ3v) is 12.5. The predicted octanol–water partition coefficient (Wildman–Crippen LogP) is 3.95. The van der Waals surface area contributed by atoms with Crippen LogP contribution in [0.5, 0.6) is 5.75 Å². The summed E-state index contributed by atoms with van der Waals surface area (Å²) in [5.41, 5.74) is -1.56. The van der Waals surface area contributed by atoms with Crippen LogP contribution in [0.3, 0.4) is 0 Å². The number of rotatable bonds is 4. The van der Waals surface area contributed by atoms with Crippen LogP contribution in [0.15, 0.2) is 41.3 Å². The van der Waals surface area contributed by atoms with E-state index >= 15 is 4.39 Å². The third kappa shape index (κ3) is 4.02. The summed E-state index contributed by atoms with van der Waals surface area (Å²) >= 11 is 0. The lowest BCUT2D eigenvalue weighted by Crippen LogP contribution is -2.56. The van der Waals surface area contributed by atoms with E-state index in [1.165, 1.54) is 15.7 Å². The Morgan fingerprint density at radius 2 is 1.71 bits per heavy atom. The van der Waals surface area contributed by atoms with Crippen molar-refractivity contribution in [3.63, 3.8) is 0 Å². The van der Waals surface area contributed by atoms with Crippen LogP contribution in [-0.2, 0) is 31.0 Å². The highest BCUT2D eigenvalue weighted by atomic mass is 32.2. The van der Waals surface area contributed by atoms with E-state index in [4.69, 9.17) is 4.74 Å². The summed E-state index contributed by atoms with van der Waals surface area (Å²) < 4.78 is 130. The van der Waals surface area contributed by atoms with E-state index in [1.807, 2.05) is 0 Å². The molecule has 2 heterocycles. The lowest BCUT2D eigenvalue weighted by Gasteiger charge is -2.50. The smallest absolute Gasteiger partial charge is 0.416 e. The van der Waals surface area contributed by atoms with Gasteiger partial charge in [0.15, 0.2) is 21.4 Å². The third-order valence-electron chi connectivity index (χ3n) is 7.97. The van der Waals surface area contributed by atoms with Gasteiger partial charge in [-0.25, -0.2) is 17.2 Å². The fourth-order valence-corrected chi connectivity index (χ4v) is 9.91. The topological polar surface area (TPSA) is 84.0 Å². The van der Waals surface area contributed by atoms with Gasteiger partial charge < -0.3 is 4.74 Å². The van der Waals surface area contributed by atoms with Crippen molar-refractivity contribution in [3.8, 4) is 5.75 Å². The zero-order valence-electron chi connectivity index (χ0n) is 20.2. The van der Waals surface area contributed by atoms with E-state index in [1.54, 1.807) is 0 Å². The van der Waals surface area contributed by atoms with Crippen LogP contribution < -0.4 is 4.74 Å². The Morgan fingerprint density at radius 1 is 1.05 bits per heavy atom. The molecular formula is C24H25F5N2O5S2. The van der Waals surface area contributed by atoms with E-state index in [9.17, 15) is 34.4 Å². The number of fused-ring (bicyclic) bond motifs is 3. The molecule has 3 atom stereocenters. The van der Waals surface area contributed by atoms with Gasteiger partial charge in [-0.15, -0.1) is 0 Å². The summed E-state index contributed by atoms with van der Waals surface area (Å²) in [4.78, 5) is -0.471. The molecule has 1 saturated carbocycles. The van der Waals surface area contributed by atoms with Crippen molar-refractivity contribution in [1.82, 2.24) is 8.61 Å². The summed E-state index contributed by atoms with van der Waals surface area (Å²) in [6.07, 6.45) is -4.20. The van der Waals surface area contributed by atoms with Gasteiger partial charge in [-0.3, -0.25) is 0 Å². The zero-order chi connectivity index (χ0) is 27.7. The number of hydrogen-bond acceptors (Lipinski definition) is 5. The molecule has 1 saturated heterocycles. The van der Waals surface area contributed by atoms with E-state index in [2.05, 4.69) is 0 Å². The van der Waals surface area contributed by atoms with Gasteiger partial charge in [-0.05, 0) is 55.2 Å². The molecule has 208 valence electrons. The van der Waals surface area contributed by atoms with Crippen molar-refractivity contribution >= 4 is 20.0 Å². The number of benzene rings is 2. The fourth-order valence-electron chi connectivity index (χ4n) is 6.06. The Bertz CT molecular complexity index is 1460. The van der Waals surface area contributed by atoms with Gasteiger partial charge in [-0.1, -0.05) is 6.42 Å². The fraction of sp³-hybridized carbons (Fsp3) is 0.500. The first-order valence-electron chi connectivity index (χ1n) is 12.0. The average molecular weight is 581 g/mol. The maximum absolute atomic E-state index is 15.5. The highest BCUT2D eigenvalue weighted by Gasteiger charge is 2.61. The summed E-state index contributed by atoms with van der Waals surface area (Å²) in [6.45, 7) is 0.0356. The number of nitrogens with zero attached hydrogens (tertiary/aromatic N) is 2. The van der Waals surface area contributed by atoms with Crippen LogP contribution in [0, 0.1) is 23.5 Å². The van der Waals surface area contributed by atoms with Crippen molar-refractivity contribution in [1.29, 1.82) is 0 Å². The molecule has 5 rings (SSSR count). The molecule has 0 amide bonds. The highest BCUT2D eigenvalue weighted by Crippen LogP contribution is 2.58. The first kappa shape index (κ1) is 27.3. The van der Waals surface area contributed by atoms with Crippen LogP contribution in [0.2, 0.25) is 0 Å². The van der Waals surface area contributed by atoms with Crippen LogP contribution in [0.25, 0.3) is 0 Å². The molecule has 7 nitrogen and oxygen atoms in total. The molecule has 2 aromatic carbocycles. The second kappa shape index (κ2) is 9.14. The minimum atomic E-state index is -4.70. The Hall–Kier alpha value is -2.29. The first-order chi connectivity index (χ1) is 17.7. The minimum Gasteiger partial charge on any atom is -0.490 e. The van der Waals surface area contributed by atoms with Gasteiger partial charge in [-0.2, -0.15) is 30.2 Å². The number of hydrogen-bond donors (Lipinski definition) is 0. The van der Waals surface area contributed by atoms with Crippen molar-refractivity contribution in [2.45, 2.75) is 35.1 Å². The second-order valence-electron chi connectivity index (χ2n) is 9.91. The molecule has 0 unspecified atom stereocenters. The molecular weight excluding hydrogens is 555 g/mol. The van der Waals surface area contributed by atoms with Gasteiger partial charge >= 0.3 is 6.18 Å². The molecule has 3 aliphatic rings. The Morgan fingerprint density at radius 3 is 2.32 bits per heavy atom. The summed E-state index contributed by atoms with van der Waals surface area (Å²) in [5.74, 6) is -4.13. The summed E-state index contributed by atoms with van der Waals surface area (Å²) in [6, 6.07) is 4.52. The normalized spacial score (nSPS) is 27.9. The molecule has 0 N–H and O–H groups in total. The van der Waals surface area contributed by atoms with Gasteiger partial charge in [0.1, 0.15) is 10.6 Å². The average Bonchev–Trinajstić information content (AvgIpc) is 3.11. The zero-order valence-corrected chi connectivity index (χ0v) is 21.8. The molecule has 2 fully saturated rings. The quantitative estimate of drug-likeness (QED) is 0.512. The van der Waals surface area contributed by atoms with Crippen LogP contribution in [0.4, 0.5) is 22.0 Å². The standard InChI is InChI=1S/C24H25F5N2O5S2/c1-30-11-12-31(38(30,34)35)13-15-3-2-10-23(18(15)14-36-22-20(26)9-8-19(25)21(22)23)37(32,33)17-6-4-16(5-7-17)24(27,28)29/h4-9,15,18H,2-3,10-14H2,1H3/t15-,18-,23-/m0/s1. The van der Waals surface area contributed by atoms with Crippen molar-refractivity contribution in [2.24, 2.45) is 11.8 Å². The van der Waals surface area contributed by atoms with Crippen molar-refractivity contribution in [3.05, 3.63) is 59.2 Å². The van der Waals surface area contributed by atoms with E-state index in [0.717, 1.165) is 24.3 Å². The highest BCUT2D eigenvalue weighted by molar-refractivity contribution is 7.92. The number of sulfone groups is 1. The molecule has 14 heteroatoms. The molecule has 2 aliphatic heterocycles. The SMILES string of the molecule is CN1CCN(C[C@@H]2CCC[C@@]3(S(=O)(=O)c4ccc(C(F)(F)F)cc4)c4c(F)ccc(F)c4OC[C@@H]23)S1(=O)=O. The van der Waals surface area contributed by atoms with Crippen LogP contribution >= 0.6 is 0 Å². The van der Waals surface area contributed by atoms with Crippen LogP contribution in [-0.4, -0.2) is 58.7 Å². The number of likely N-dealkylation sites (N-methyl/N-ethyl adjacent to an activating group) is 1. The monoisotopic (exact) mass is 580 g/mol. The van der Waals surface area contributed by atoms with Crippen LogP contribution in [0.1, 0.15) is 30.4 Å². The van der Waals surface area contributed by atoms with Crippen molar-refractivity contribution in [2.75, 3.05) is 33.3 Å². The Balaban J connectivity index is 1.67. The lowest BCUT2D eigenvalue weighted by atomic mass is 9.67. The van der Waals surface area contributed by atoms with Gasteiger partial charge in [0.2, 0.25) is 0 Å². The molecule has 2 aromatic rings. The largest absolute Gasteiger partial charge is 0.490 e. The summed E-state index contributed by atoms with van der Waals surface area (Å²) in [7, 11) is -6.98. The Kier molecular flexibility index (Phi) is 6.56. The molecule has 1 aliphatic carbocycles. The molecule has 38 heavy (non-hydrogen) atoms. The molecule has 0 aromatic heterocycles. The second-order valence-corrected chi connectivity index (χ2v) is 14.1. The molecule has 0 bridgehead atoms. The predicted molar refractivity (Wildman–Crippen MR) is 126 cm³/mol. The van der Waals surface area contributed by atoms with E-state index in [-0.39, 0.29) is 39.1 Å². The maximum Gasteiger partial charge on any atom is 0.416 e. The molecule has 0 radical (unpaired) electrons. The first-order valence-corrected chi connectivity index (χ1v) is 14.8. The van der Waals surface area contributed by atoms with Gasteiger partial charge in [0, 0.05) is 32.6 Å². The number of ether oxygens (including phenoxy) is 1. The lowest BCUT2D eigenvalue weighted by molar-refractivity contribution is -0.137. The molecule has 0 spiro atoms. The van der Waals surface area contributed by atoms with Crippen molar-refractivity contribution < 1.29 is 43.5 Å². The van der Waals surface area contributed by atoms with Gasteiger partial charge in [0.25, 0.3) is 10.2 Å². The van der Waals surface area contributed by atoms with Gasteiger partial charge in [0.05, 0.1) is 22.6 Å². The number of halogens is 5.